The number of aryl methyl sites for hydroxylation is 1. The first-order valence-corrected chi connectivity index (χ1v) is 9.58. The Morgan fingerprint density at radius 1 is 1.03 bits per heavy atom. The summed E-state index contributed by atoms with van der Waals surface area (Å²) in [7, 11) is 0. The lowest BCUT2D eigenvalue weighted by Crippen LogP contribution is -2.30. The highest BCUT2D eigenvalue weighted by molar-refractivity contribution is 6.06. The third-order valence-corrected chi connectivity index (χ3v) is 4.86. The molecule has 3 heterocycles. The molecule has 6 nitrogen and oxygen atoms in total. The fourth-order valence-corrected chi connectivity index (χ4v) is 3.32. The van der Waals surface area contributed by atoms with Crippen molar-refractivity contribution in [1.29, 1.82) is 0 Å². The highest BCUT2D eigenvalue weighted by Crippen LogP contribution is 2.27. The number of carbonyl (C=O) groups is 1. The summed E-state index contributed by atoms with van der Waals surface area (Å²) in [6.45, 7) is 5.87. The monoisotopic (exact) mass is 386 g/mol. The number of amides is 1. The summed E-state index contributed by atoms with van der Waals surface area (Å²) in [6, 6.07) is 16.9. The Balaban J connectivity index is 1.78. The second-order valence-electron chi connectivity index (χ2n) is 7.27. The molecule has 3 aromatic heterocycles. The Kier molecular flexibility index (Phi) is 5.08. The molecule has 0 spiro atoms. The zero-order valence-corrected chi connectivity index (χ0v) is 16.6. The van der Waals surface area contributed by atoms with Crippen LogP contribution in [0, 0.1) is 6.92 Å². The smallest absolute Gasteiger partial charge is 0.259 e. The van der Waals surface area contributed by atoms with Crippen LogP contribution in [0.15, 0.2) is 65.3 Å². The minimum absolute atomic E-state index is 0.150. The number of rotatable bonds is 5. The molecule has 0 saturated carbocycles. The molecule has 0 bridgehead atoms. The molecule has 146 valence electrons. The number of pyridine rings is 2. The molecule has 0 aliphatic rings. The summed E-state index contributed by atoms with van der Waals surface area (Å²) in [5.74, 6) is -0.0674. The van der Waals surface area contributed by atoms with E-state index in [2.05, 4.69) is 20.4 Å². The van der Waals surface area contributed by atoms with Crippen LogP contribution in [-0.2, 0) is 0 Å². The van der Waals surface area contributed by atoms with Crippen molar-refractivity contribution >= 4 is 17.0 Å². The first kappa shape index (κ1) is 18.8. The molecule has 1 N–H and O–H groups in total. The molecule has 0 aliphatic heterocycles. The Labute approximate surface area is 169 Å². The second kappa shape index (κ2) is 7.83. The maximum Gasteiger partial charge on any atom is 0.259 e. The third kappa shape index (κ3) is 3.74. The number of hydrogen-bond donors (Lipinski definition) is 1. The molecule has 1 unspecified atom stereocenters. The van der Waals surface area contributed by atoms with E-state index in [1.54, 1.807) is 6.20 Å². The zero-order chi connectivity index (χ0) is 20.4. The molecule has 0 fully saturated rings. The van der Waals surface area contributed by atoms with Gasteiger partial charge in [-0.1, -0.05) is 55.4 Å². The molecule has 1 atom stereocenters. The van der Waals surface area contributed by atoms with Crippen molar-refractivity contribution in [3.63, 3.8) is 0 Å². The van der Waals surface area contributed by atoms with Crippen molar-refractivity contribution in [3.8, 4) is 0 Å². The third-order valence-electron chi connectivity index (χ3n) is 4.86. The average Bonchev–Trinajstić information content (AvgIpc) is 3.13. The number of benzene rings is 1. The van der Waals surface area contributed by atoms with Gasteiger partial charge in [0, 0.05) is 11.9 Å². The summed E-state index contributed by atoms with van der Waals surface area (Å²) >= 11 is 0. The first-order chi connectivity index (χ1) is 14.0. The van der Waals surface area contributed by atoms with Crippen molar-refractivity contribution in [2.75, 3.05) is 0 Å². The van der Waals surface area contributed by atoms with E-state index in [1.165, 1.54) is 0 Å². The van der Waals surface area contributed by atoms with Crippen LogP contribution in [0.4, 0.5) is 0 Å². The number of nitrogens with zero attached hydrogens (tertiary/aromatic N) is 3. The molecule has 6 heteroatoms. The van der Waals surface area contributed by atoms with Gasteiger partial charge in [-0.25, -0.2) is 4.98 Å². The van der Waals surface area contributed by atoms with Gasteiger partial charge >= 0.3 is 0 Å². The van der Waals surface area contributed by atoms with E-state index < -0.39 is 0 Å². The molecule has 0 aliphatic carbocycles. The lowest BCUT2D eigenvalue weighted by Gasteiger charge is -2.19. The van der Waals surface area contributed by atoms with Crippen LogP contribution < -0.4 is 5.32 Å². The van der Waals surface area contributed by atoms with Gasteiger partial charge in [0.1, 0.15) is 0 Å². The van der Waals surface area contributed by atoms with Gasteiger partial charge in [-0.05, 0) is 36.6 Å². The minimum atomic E-state index is -0.379. The van der Waals surface area contributed by atoms with Crippen molar-refractivity contribution < 1.29 is 9.32 Å². The normalized spacial score (nSPS) is 12.3. The SMILES string of the molecule is Cc1noc2nc(C(C)C)cc(C(=O)NC(c3ccccc3)c3ccccn3)c12. The predicted octanol–water partition coefficient (Wildman–Crippen LogP) is 4.57. The van der Waals surface area contributed by atoms with Gasteiger partial charge in [-0.3, -0.25) is 9.78 Å². The van der Waals surface area contributed by atoms with Crippen LogP contribution in [0.2, 0.25) is 0 Å². The summed E-state index contributed by atoms with van der Waals surface area (Å²) in [5, 5.41) is 7.79. The van der Waals surface area contributed by atoms with Gasteiger partial charge in [0.25, 0.3) is 11.6 Å². The van der Waals surface area contributed by atoms with E-state index in [4.69, 9.17) is 4.52 Å². The van der Waals surface area contributed by atoms with E-state index in [0.29, 0.717) is 22.4 Å². The summed E-state index contributed by atoms with van der Waals surface area (Å²) < 4.78 is 5.35. The van der Waals surface area contributed by atoms with Crippen molar-refractivity contribution in [2.45, 2.75) is 32.7 Å². The lowest BCUT2D eigenvalue weighted by molar-refractivity contribution is 0.0943. The Hall–Kier alpha value is -3.54. The van der Waals surface area contributed by atoms with Gasteiger partial charge in [0.15, 0.2) is 0 Å². The summed E-state index contributed by atoms with van der Waals surface area (Å²) in [5.41, 5.74) is 4.04. The molecule has 1 amide bonds. The second-order valence-corrected chi connectivity index (χ2v) is 7.27. The van der Waals surface area contributed by atoms with E-state index in [9.17, 15) is 4.79 Å². The van der Waals surface area contributed by atoms with E-state index in [-0.39, 0.29) is 17.9 Å². The van der Waals surface area contributed by atoms with Crippen molar-refractivity contribution in [2.24, 2.45) is 0 Å². The maximum atomic E-state index is 13.4. The Morgan fingerprint density at radius 2 is 1.79 bits per heavy atom. The highest BCUT2D eigenvalue weighted by atomic mass is 16.5. The van der Waals surface area contributed by atoms with Gasteiger partial charge in [0.05, 0.1) is 28.4 Å². The molecule has 4 rings (SSSR count). The lowest BCUT2D eigenvalue weighted by atomic mass is 10.0. The first-order valence-electron chi connectivity index (χ1n) is 9.58. The molecular weight excluding hydrogens is 364 g/mol. The number of carbonyl (C=O) groups excluding carboxylic acids is 1. The largest absolute Gasteiger partial charge is 0.340 e. The number of nitrogens with one attached hydrogen (secondary N) is 1. The Bertz CT molecular complexity index is 1100. The molecule has 29 heavy (non-hydrogen) atoms. The molecule has 1 aromatic carbocycles. The van der Waals surface area contributed by atoms with Gasteiger partial charge in [0.2, 0.25) is 0 Å². The number of aromatic nitrogens is 3. The topological polar surface area (TPSA) is 80.9 Å². The van der Waals surface area contributed by atoms with Gasteiger partial charge in [-0.15, -0.1) is 0 Å². The fourth-order valence-electron chi connectivity index (χ4n) is 3.32. The van der Waals surface area contributed by atoms with Gasteiger partial charge in [-0.2, -0.15) is 0 Å². The Morgan fingerprint density at radius 3 is 2.48 bits per heavy atom. The standard InChI is InChI=1S/C23H22N4O2/c1-14(2)19-13-17(20-15(3)27-29-23(20)25-19)22(28)26-21(16-9-5-4-6-10-16)18-11-7-8-12-24-18/h4-14,21H,1-3H3,(H,26,28). The minimum Gasteiger partial charge on any atom is -0.340 e. The van der Waals surface area contributed by atoms with E-state index in [1.807, 2.05) is 75.4 Å². The van der Waals surface area contributed by atoms with Crippen molar-refractivity contribution in [3.05, 3.63) is 89.0 Å². The molecule has 0 radical (unpaired) electrons. The highest BCUT2D eigenvalue weighted by Gasteiger charge is 2.23. The zero-order valence-electron chi connectivity index (χ0n) is 16.6. The number of fused-ring (bicyclic) bond motifs is 1. The average molecular weight is 386 g/mol. The molecule has 4 aromatic rings. The van der Waals surface area contributed by atoms with Gasteiger partial charge < -0.3 is 9.84 Å². The van der Waals surface area contributed by atoms with E-state index in [0.717, 1.165) is 17.0 Å². The molecule has 0 saturated heterocycles. The van der Waals surface area contributed by atoms with Crippen molar-refractivity contribution in [1.82, 2.24) is 20.4 Å². The predicted molar refractivity (Wildman–Crippen MR) is 111 cm³/mol. The quantitative estimate of drug-likeness (QED) is 0.543. The van der Waals surface area contributed by atoms with E-state index >= 15 is 0 Å². The fraction of sp³-hybridized carbons (Fsp3) is 0.217. The maximum absolute atomic E-state index is 13.4. The summed E-state index contributed by atoms with van der Waals surface area (Å²) in [6.07, 6.45) is 1.73. The van der Waals surface area contributed by atoms with Crippen LogP contribution in [0.5, 0.6) is 0 Å². The number of hydrogen-bond acceptors (Lipinski definition) is 5. The van der Waals surface area contributed by atoms with Crippen LogP contribution in [0.25, 0.3) is 11.1 Å². The molecular formula is C23H22N4O2. The van der Waals surface area contributed by atoms with Crippen LogP contribution in [-0.4, -0.2) is 21.0 Å². The summed E-state index contributed by atoms with van der Waals surface area (Å²) in [4.78, 5) is 22.4. The van der Waals surface area contributed by atoms with Crippen LogP contribution in [0.1, 0.15) is 58.8 Å². The van der Waals surface area contributed by atoms with Crippen LogP contribution in [0.3, 0.4) is 0 Å². The van der Waals surface area contributed by atoms with Crippen LogP contribution >= 0.6 is 0 Å².